The van der Waals surface area contributed by atoms with E-state index in [1.165, 1.54) is 44.2 Å². The lowest BCUT2D eigenvalue weighted by Gasteiger charge is -2.36. The van der Waals surface area contributed by atoms with Crippen LogP contribution in [0.15, 0.2) is 18.2 Å². The third-order valence-electron chi connectivity index (χ3n) is 6.56. The van der Waals surface area contributed by atoms with Crippen molar-refractivity contribution in [2.75, 3.05) is 13.7 Å². The molecule has 2 aliphatic rings. The van der Waals surface area contributed by atoms with Crippen LogP contribution in [0.2, 0.25) is 0 Å². The van der Waals surface area contributed by atoms with Crippen molar-refractivity contribution in [1.29, 1.82) is 0 Å². The highest BCUT2D eigenvalue weighted by molar-refractivity contribution is 6.63. The smallest absolute Gasteiger partial charge is 0.497 e. The van der Waals surface area contributed by atoms with Gasteiger partial charge in [0.1, 0.15) is 5.75 Å². The molecule has 3 rings (SSSR count). The van der Waals surface area contributed by atoms with Gasteiger partial charge >= 0.3 is 7.12 Å². The molecule has 0 aliphatic carbocycles. The van der Waals surface area contributed by atoms with E-state index in [0.29, 0.717) is 6.04 Å². The highest BCUT2D eigenvalue weighted by Crippen LogP contribution is 2.37. The van der Waals surface area contributed by atoms with Gasteiger partial charge < -0.3 is 14.0 Å². The van der Waals surface area contributed by atoms with Crippen LogP contribution in [-0.4, -0.2) is 42.9 Å². The van der Waals surface area contributed by atoms with Crippen molar-refractivity contribution < 1.29 is 14.0 Å². The summed E-state index contributed by atoms with van der Waals surface area (Å²) in [4.78, 5) is 2.66. The van der Waals surface area contributed by atoms with Crippen LogP contribution >= 0.6 is 0 Å². The van der Waals surface area contributed by atoms with Crippen LogP contribution in [0.4, 0.5) is 0 Å². The summed E-state index contributed by atoms with van der Waals surface area (Å²) in [5.74, 6) is 0.834. The minimum absolute atomic E-state index is 0.349. The molecule has 0 saturated carbocycles. The van der Waals surface area contributed by atoms with Gasteiger partial charge in [-0.15, -0.1) is 0 Å². The lowest BCUT2D eigenvalue weighted by Crippen LogP contribution is -2.41. The van der Waals surface area contributed by atoms with Gasteiger partial charge in [0.05, 0.1) is 18.3 Å². The summed E-state index contributed by atoms with van der Waals surface area (Å²) in [6.07, 6.45) is 6.54. The summed E-state index contributed by atoms with van der Waals surface area (Å²) >= 11 is 0. The molecule has 2 aliphatic heterocycles. The monoisotopic (exact) mass is 373 g/mol. The van der Waals surface area contributed by atoms with Crippen LogP contribution in [0.1, 0.15) is 72.3 Å². The molecule has 0 amide bonds. The maximum atomic E-state index is 6.28. The van der Waals surface area contributed by atoms with Crippen molar-refractivity contribution in [3.63, 3.8) is 0 Å². The topological polar surface area (TPSA) is 30.9 Å². The number of methoxy groups -OCH3 is 1. The van der Waals surface area contributed by atoms with Crippen molar-refractivity contribution in [3.8, 4) is 5.75 Å². The summed E-state index contributed by atoms with van der Waals surface area (Å²) in [7, 11) is 1.32. The lowest BCUT2D eigenvalue weighted by molar-refractivity contribution is 0.00578. The maximum absolute atomic E-state index is 6.28. The van der Waals surface area contributed by atoms with Gasteiger partial charge in [-0.1, -0.05) is 31.9 Å². The summed E-state index contributed by atoms with van der Waals surface area (Å²) in [6.45, 7) is 12.8. The Morgan fingerprint density at radius 2 is 1.85 bits per heavy atom. The minimum atomic E-state index is -0.391. The van der Waals surface area contributed by atoms with Crippen molar-refractivity contribution in [3.05, 3.63) is 23.8 Å². The first kappa shape index (κ1) is 20.7. The van der Waals surface area contributed by atoms with Crippen LogP contribution in [0, 0.1) is 0 Å². The largest absolute Gasteiger partial charge is 0.498 e. The van der Waals surface area contributed by atoms with E-state index in [4.69, 9.17) is 14.0 Å². The highest BCUT2D eigenvalue weighted by atomic mass is 16.7. The molecular formula is C22H36BNO3. The zero-order chi connectivity index (χ0) is 19.7. The van der Waals surface area contributed by atoms with Gasteiger partial charge in [-0.05, 0) is 65.1 Å². The fourth-order valence-electron chi connectivity index (χ4n) is 4.20. The average molecular weight is 373 g/mol. The van der Waals surface area contributed by atoms with E-state index in [-0.39, 0.29) is 11.2 Å². The van der Waals surface area contributed by atoms with E-state index < -0.39 is 7.12 Å². The van der Waals surface area contributed by atoms with Gasteiger partial charge in [-0.3, -0.25) is 4.90 Å². The van der Waals surface area contributed by atoms with Crippen molar-refractivity contribution in [2.45, 2.75) is 90.5 Å². The summed E-state index contributed by atoms with van der Waals surface area (Å²) < 4.78 is 18.2. The van der Waals surface area contributed by atoms with Crippen LogP contribution in [-0.2, 0) is 15.9 Å². The van der Waals surface area contributed by atoms with E-state index in [1.54, 1.807) is 7.11 Å². The second kappa shape index (κ2) is 8.14. The van der Waals surface area contributed by atoms with Gasteiger partial charge in [0.25, 0.3) is 0 Å². The van der Waals surface area contributed by atoms with E-state index in [0.717, 1.165) is 17.8 Å². The molecule has 1 aromatic rings. The molecule has 2 saturated heterocycles. The van der Waals surface area contributed by atoms with Crippen LogP contribution in [0.5, 0.6) is 5.75 Å². The van der Waals surface area contributed by atoms with Crippen LogP contribution in [0.25, 0.3) is 0 Å². The summed E-state index contributed by atoms with van der Waals surface area (Å²) in [5.41, 5.74) is 1.61. The third-order valence-corrected chi connectivity index (χ3v) is 6.56. The fraction of sp³-hybridized carbons (Fsp3) is 0.727. The number of benzene rings is 1. The Balaban J connectivity index is 1.82. The molecule has 1 aromatic carbocycles. The van der Waals surface area contributed by atoms with Gasteiger partial charge in [0.2, 0.25) is 0 Å². The molecule has 2 fully saturated rings. The fourth-order valence-corrected chi connectivity index (χ4v) is 4.20. The Labute approximate surface area is 165 Å². The molecule has 1 atom stereocenters. The molecule has 4 nitrogen and oxygen atoms in total. The van der Waals surface area contributed by atoms with Gasteiger partial charge in [0, 0.05) is 18.0 Å². The zero-order valence-electron chi connectivity index (χ0n) is 18.0. The van der Waals surface area contributed by atoms with E-state index in [2.05, 4.69) is 57.7 Å². The van der Waals surface area contributed by atoms with Crippen LogP contribution < -0.4 is 10.2 Å². The number of nitrogens with zero attached hydrogens (tertiary/aromatic N) is 1. The van der Waals surface area contributed by atoms with Crippen molar-refractivity contribution >= 4 is 12.6 Å². The number of ether oxygens (including phenoxy) is 1. The number of hydrogen-bond donors (Lipinski definition) is 0. The van der Waals surface area contributed by atoms with Crippen molar-refractivity contribution in [2.24, 2.45) is 0 Å². The van der Waals surface area contributed by atoms with E-state index in [9.17, 15) is 0 Å². The predicted octanol–water partition coefficient (Wildman–Crippen LogP) is 4.15. The number of piperidine rings is 1. The molecule has 5 heteroatoms. The van der Waals surface area contributed by atoms with E-state index >= 15 is 0 Å². The van der Waals surface area contributed by atoms with E-state index in [1.807, 2.05) is 0 Å². The Hall–Kier alpha value is -1.04. The Bertz CT molecular complexity index is 628. The molecule has 0 bridgehead atoms. The zero-order valence-corrected chi connectivity index (χ0v) is 18.0. The SMILES string of the molecule is CCCC1CCCCN1Cc1ccc(OC)c(B2OC(C)(C)C(C)(C)O2)c1. The third kappa shape index (κ3) is 4.36. The molecular weight excluding hydrogens is 337 g/mol. The predicted molar refractivity (Wildman–Crippen MR) is 112 cm³/mol. The van der Waals surface area contributed by atoms with Gasteiger partial charge in [-0.2, -0.15) is 0 Å². The molecule has 150 valence electrons. The highest BCUT2D eigenvalue weighted by Gasteiger charge is 2.52. The molecule has 1 unspecified atom stereocenters. The molecule has 0 aromatic heterocycles. The lowest BCUT2D eigenvalue weighted by atomic mass is 9.77. The standard InChI is InChI=1S/C22H36BNO3/c1-7-10-18-11-8-9-14-24(18)16-17-12-13-20(25-6)19(15-17)23-26-21(2,3)22(4,5)27-23/h12-13,15,18H,7-11,14,16H2,1-6H3. The normalized spacial score (nSPS) is 25.0. The Morgan fingerprint density at radius 3 is 2.48 bits per heavy atom. The molecule has 2 heterocycles. The first-order valence-electron chi connectivity index (χ1n) is 10.5. The first-order chi connectivity index (χ1) is 12.8. The molecule has 0 radical (unpaired) electrons. The van der Waals surface area contributed by atoms with Crippen LogP contribution in [0.3, 0.4) is 0 Å². The Morgan fingerprint density at radius 1 is 1.15 bits per heavy atom. The van der Waals surface area contributed by atoms with Crippen molar-refractivity contribution in [1.82, 2.24) is 4.90 Å². The minimum Gasteiger partial charge on any atom is -0.497 e. The maximum Gasteiger partial charge on any atom is 0.498 e. The average Bonchev–Trinajstić information content (AvgIpc) is 2.84. The quantitative estimate of drug-likeness (QED) is 0.701. The Kier molecular flexibility index (Phi) is 6.24. The second-order valence-electron chi connectivity index (χ2n) is 9.07. The first-order valence-corrected chi connectivity index (χ1v) is 10.5. The second-order valence-corrected chi connectivity index (χ2v) is 9.07. The molecule has 0 N–H and O–H groups in total. The van der Waals surface area contributed by atoms with Gasteiger partial charge in [-0.25, -0.2) is 0 Å². The number of hydrogen-bond acceptors (Lipinski definition) is 4. The summed E-state index contributed by atoms with van der Waals surface area (Å²) in [6, 6.07) is 7.18. The molecule has 27 heavy (non-hydrogen) atoms. The summed E-state index contributed by atoms with van der Waals surface area (Å²) in [5, 5.41) is 0. The molecule has 0 spiro atoms. The number of rotatable bonds is 6. The number of likely N-dealkylation sites (tertiary alicyclic amines) is 1. The van der Waals surface area contributed by atoms with Gasteiger partial charge in [0.15, 0.2) is 0 Å².